The number of benzene rings is 1. The molecular weight excluding hydrogens is 208 g/mol. The first-order chi connectivity index (χ1) is 7.11. The van der Waals surface area contributed by atoms with Crippen LogP contribution in [0.1, 0.15) is 10.4 Å². The number of carbonyl (C=O) groups is 1. The summed E-state index contributed by atoms with van der Waals surface area (Å²) in [7, 11) is 4.06. The normalized spacial score (nSPS) is 10.6. The Bertz CT molecular complexity index is 339. The smallest absolute Gasteiger partial charge is 0.249 e. The van der Waals surface area contributed by atoms with Gasteiger partial charge in [0.1, 0.15) is 0 Å². The molecule has 1 rings (SSSR count). The van der Waals surface area contributed by atoms with Crippen LogP contribution in [-0.4, -0.2) is 37.2 Å². The molecule has 0 radical (unpaired) electrons. The number of carbonyl (C=O) groups excluding carboxylic acids is 1. The Morgan fingerprint density at radius 3 is 2.67 bits per heavy atom. The highest BCUT2D eigenvalue weighted by Crippen LogP contribution is 2.21. The van der Waals surface area contributed by atoms with Crippen molar-refractivity contribution in [1.29, 1.82) is 0 Å². The highest BCUT2D eigenvalue weighted by molar-refractivity contribution is 7.99. The fourth-order valence-corrected chi connectivity index (χ4v) is 2.31. The molecule has 2 N–H and O–H groups in total. The molecule has 0 unspecified atom stereocenters. The molecule has 0 aromatic heterocycles. The lowest BCUT2D eigenvalue weighted by Crippen LogP contribution is -2.15. The van der Waals surface area contributed by atoms with E-state index in [1.54, 1.807) is 17.8 Å². The van der Waals surface area contributed by atoms with Crippen LogP contribution in [0.2, 0.25) is 0 Å². The zero-order chi connectivity index (χ0) is 11.3. The third-order valence-corrected chi connectivity index (χ3v) is 3.00. The second-order valence-corrected chi connectivity index (χ2v) is 4.65. The van der Waals surface area contributed by atoms with Crippen molar-refractivity contribution in [1.82, 2.24) is 4.90 Å². The fourth-order valence-electron chi connectivity index (χ4n) is 1.13. The molecule has 0 atom stereocenters. The van der Waals surface area contributed by atoms with Crippen molar-refractivity contribution in [2.45, 2.75) is 4.90 Å². The summed E-state index contributed by atoms with van der Waals surface area (Å²) in [5, 5.41) is 0. The van der Waals surface area contributed by atoms with E-state index in [-0.39, 0.29) is 5.91 Å². The first-order valence-electron chi connectivity index (χ1n) is 4.77. The number of primary amides is 1. The van der Waals surface area contributed by atoms with E-state index in [9.17, 15) is 4.79 Å². The van der Waals surface area contributed by atoms with Gasteiger partial charge in [0.25, 0.3) is 0 Å². The van der Waals surface area contributed by atoms with E-state index in [1.165, 1.54) is 0 Å². The Morgan fingerprint density at radius 2 is 2.07 bits per heavy atom. The average Bonchev–Trinajstić information content (AvgIpc) is 2.17. The molecule has 0 spiro atoms. The van der Waals surface area contributed by atoms with E-state index in [4.69, 9.17) is 5.73 Å². The summed E-state index contributed by atoms with van der Waals surface area (Å²) in [6.45, 7) is 0.984. The first kappa shape index (κ1) is 12.1. The van der Waals surface area contributed by atoms with Gasteiger partial charge in [-0.25, -0.2) is 0 Å². The van der Waals surface area contributed by atoms with Gasteiger partial charge < -0.3 is 10.6 Å². The van der Waals surface area contributed by atoms with Crippen LogP contribution in [0.5, 0.6) is 0 Å². The maximum atomic E-state index is 11.1. The zero-order valence-corrected chi connectivity index (χ0v) is 9.88. The van der Waals surface area contributed by atoms with Crippen LogP contribution in [0.15, 0.2) is 29.2 Å². The van der Waals surface area contributed by atoms with Gasteiger partial charge in [0, 0.05) is 17.2 Å². The molecule has 82 valence electrons. The van der Waals surface area contributed by atoms with Crippen LogP contribution in [0.3, 0.4) is 0 Å². The van der Waals surface area contributed by atoms with E-state index in [2.05, 4.69) is 4.90 Å². The van der Waals surface area contributed by atoms with Gasteiger partial charge in [-0.2, -0.15) is 0 Å². The largest absolute Gasteiger partial charge is 0.366 e. The Labute approximate surface area is 94.6 Å². The third kappa shape index (κ3) is 3.93. The Kier molecular flexibility index (Phi) is 4.65. The molecule has 0 aliphatic heterocycles. The lowest BCUT2D eigenvalue weighted by molar-refractivity contribution is 0.0997. The van der Waals surface area contributed by atoms with Crippen LogP contribution in [0.25, 0.3) is 0 Å². The summed E-state index contributed by atoms with van der Waals surface area (Å²) in [5.41, 5.74) is 5.90. The van der Waals surface area contributed by atoms with Gasteiger partial charge in [0.2, 0.25) is 5.91 Å². The van der Waals surface area contributed by atoms with E-state index in [0.29, 0.717) is 5.56 Å². The number of nitrogens with zero attached hydrogens (tertiary/aromatic N) is 1. The standard InChI is InChI=1S/C11H16N2OS/c1-13(2)7-8-15-10-6-4-3-5-9(10)11(12)14/h3-6H,7-8H2,1-2H3,(H2,12,14). The molecule has 1 aromatic rings. The molecule has 0 aliphatic rings. The third-order valence-electron chi connectivity index (χ3n) is 1.95. The minimum absolute atomic E-state index is 0.358. The SMILES string of the molecule is CN(C)CCSc1ccccc1C(N)=O. The lowest BCUT2D eigenvalue weighted by Gasteiger charge is -2.10. The molecule has 0 fully saturated rings. The van der Waals surface area contributed by atoms with E-state index in [0.717, 1.165) is 17.2 Å². The van der Waals surface area contributed by atoms with E-state index < -0.39 is 0 Å². The van der Waals surface area contributed by atoms with Crippen molar-refractivity contribution in [3.63, 3.8) is 0 Å². The predicted octanol–water partition coefficient (Wildman–Crippen LogP) is 1.44. The van der Waals surface area contributed by atoms with Gasteiger partial charge in [-0.05, 0) is 26.2 Å². The van der Waals surface area contributed by atoms with Gasteiger partial charge in [0.05, 0.1) is 5.56 Å². The molecule has 0 bridgehead atoms. The highest BCUT2D eigenvalue weighted by atomic mass is 32.2. The van der Waals surface area contributed by atoms with Crippen LogP contribution < -0.4 is 5.73 Å². The van der Waals surface area contributed by atoms with Gasteiger partial charge in [-0.1, -0.05) is 12.1 Å². The van der Waals surface area contributed by atoms with Crippen molar-refractivity contribution in [2.24, 2.45) is 5.73 Å². The van der Waals surface area contributed by atoms with Gasteiger partial charge in [-0.15, -0.1) is 11.8 Å². The molecule has 15 heavy (non-hydrogen) atoms. The zero-order valence-electron chi connectivity index (χ0n) is 9.06. The number of hydrogen-bond donors (Lipinski definition) is 1. The average molecular weight is 224 g/mol. The van der Waals surface area contributed by atoms with Gasteiger partial charge in [0.15, 0.2) is 0 Å². The molecular formula is C11H16N2OS. The molecule has 4 heteroatoms. The molecule has 1 amide bonds. The topological polar surface area (TPSA) is 46.3 Å². The van der Waals surface area contributed by atoms with E-state index >= 15 is 0 Å². The number of nitrogens with two attached hydrogens (primary N) is 1. The summed E-state index contributed by atoms with van der Waals surface area (Å²) in [4.78, 5) is 14.2. The number of rotatable bonds is 5. The summed E-state index contributed by atoms with van der Waals surface area (Å²) in [6, 6.07) is 7.45. The maximum Gasteiger partial charge on any atom is 0.249 e. The number of thioether (sulfide) groups is 1. The van der Waals surface area contributed by atoms with E-state index in [1.807, 2.05) is 32.3 Å². The lowest BCUT2D eigenvalue weighted by atomic mass is 10.2. The van der Waals surface area contributed by atoms with Crippen molar-refractivity contribution < 1.29 is 4.79 Å². The quantitative estimate of drug-likeness (QED) is 0.770. The second-order valence-electron chi connectivity index (χ2n) is 3.51. The van der Waals surface area contributed by atoms with Crippen LogP contribution in [0.4, 0.5) is 0 Å². The predicted molar refractivity (Wildman–Crippen MR) is 64.2 cm³/mol. The van der Waals surface area contributed by atoms with Crippen LogP contribution >= 0.6 is 11.8 Å². The Balaban J connectivity index is 2.63. The first-order valence-corrected chi connectivity index (χ1v) is 5.76. The fraction of sp³-hybridized carbons (Fsp3) is 0.364. The van der Waals surface area contributed by atoms with Crippen LogP contribution in [-0.2, 0) is 0 Å². The monoisotopic (exact) mass is 224 g/mol. The van der Waals surface area contributed by atoms with Crippen molar-refractivity contribution in [3.8, 4) is 0 Å². The molecule has 3 nitrogen and oxygen atoms in total. The summed E-state index contributed by atoms with van der Waals surface area (Å²) in [5.74, 6) is 0.597. The van der Waals surface area contributed by atoms with Crippen LogP contribution in [0, 0.1) is 0 Å². The maximum absolute atomic E-state index is 11.1. The molecule has 0 saturated carbocycles. The Hall–Kier alpha value is -1.00. The summed E-state index contributed by atoms with van der Waals surface area (Å²) in [6.07, 6.45) is 0. The highest BCUT2D eigenvalue weighted by Gasteiger charge is 2.06. The van der Waals surface area contributed by atoms with Crippen molar-refractivity contribution in [3.05, 3.63) is 29.8 Å². The molecule has 0 saturated heterocycles. The van der Waals surface area contributed by atoms with Gasteiger partial charge >= 0.3 is 0 Å². The summed E-state index contributed by atoms with van der Waals surface area (Å²) < 4.78 is 0. The number of amides is 1. The van der Waals surface area contributed by atoms with Crippen molar-refractivity contribution >= 4 is 17.7 Å². The second kappa shape index (κ2) is 5.78. The molecule has 1 aromatic carbocycles. The minimum Gasteiger partial charge on any atom is -0.366 e. The van der Waals surface area contributed by atoms with Crippen molar-refractivity contribution in [2.75, 3.05) is 26.4 Å². The molecule has 0 aliphatic carbocycles. The number of hydrogen-bond acceptors (Lipinski definition) is 3. The molecule has 0 heterocycles. The van der Waals surface area contributed by atoms with Gasteiger partial charge in [-0.3, -0.25) is 4.79 Å². The summed E-state index contributed by atoms with van der Waals surface area (Å²) >= 11 is 1.66. The minimum atomic E-state index is -0.358. The Morgan fingerprint density at radius 1 is 1.40 bits per heavy atom.